The lowest BCUT2D eigenvalue weighted by Gasteiger charge is -2.37. The van der Waals surface area contributed by atoms with E-state index in [0.717, 1.165) is 32.0 Å². The van der Waals surface area contributed by atoms with E-state index in [0.29, 0.717) is 13.2 Å². The average molecular weight is 411 g/mol. The summed E-state index contributed by atoms with van der Waals surface area (Å²) in [5, 5.41) is 6.07. The van der Waals surface area contributed by atoms with Crippen molar-refractivity contribution in [3.8, 4) is 5.75 Å². The van der Waals surface area contributed by atoms with E-state index in [4.69, 9.17) is 9.47 Å². The number of hydrogen-bond acceptors (Lipinski definition) is 4. The van der Waals surface area contributed by atoms with Crippen LogP contribution in [0.25, 0.3) is 0 Å². The van der Waals surface area contributed by atoms with Crippen LogP contribution in [0.1, 0.15) is 25.3 Å². The number of carbonyl (C=O) groups is 1. The summed E-state index contributed by atoms with van der Waals surface area (Å²) in [6.45, 7) is 4.03. The summed E-state index contributed by atoms with van der Waals surface area (Å²) in [4.78, 5) is 12.3. The number of rotatable bonds is 7. The molecule has 0 saturated carbocycles. The molecule has 1 aromatic carbocycles. The van der Waals surface area contributed by atoms with Crippen LogP contribution in [0.5, 0.6) is 5.75 Å². The molecule has 2 N–H and O–H groups in total. The zero-order chi connectivity index (χ0) is 19.2. The number of piperidine rings is 1. The van der Waals surface area contributed by atoms with E-state index in [9.17, 15) is 18.0 Å². The van der Waals surface area contributed by atoms with Crippen LogP contribution in [-0.4, -0.2) is 45.4 Å². The van der Waals surface area contributed by atoms with Crippen molar-refractivity contribution in [2.45, 2.75) is 32.0 Å². The molecule has 2 rings (SSSR count). The van der Waals surface area contributed by atoms with E-state index in [-0.39, 0.29) is 23.6 Å². The summed E-state index contributed by atoms with van der Waals surface area (Å²) in [6.07, 6.45) is -3.87. The molecular weight excluding hydrogens is 385 g/mol. The van der Waals surface area contributed by atoms with Crippen LogP contribution in [-0.2, 0) is 15.7 Å². The maximum atomic E-state index is 13.0. The van der Waals surface area contributed by atoms with Gasteiger partial charge in [-0.15, -0.1) is 12.4 Å². The third-order valence-corrected chi connectivity index (χ3v) is 4.62. The normalized spacial score (nSPS) is 17.5. The Morgan fingerprint density at radius 2 is 1.93 bits per heavy atom. The van der Waals surface area contributed by atoms with Gasteiger partial charge in [0.25, 0.3) is 5.91 Å². The molecular formula is C18H26ClF3N2O3. The minimum atomic E-state index is -4.54. The lowest BCUT2D eigenvalue weighted by atomic mass is 9.79. The maximum absolute atomic E-state index is 13.0. The molecule has 1 aromatic rings. The lowest BCUT2D eigenvalue weighted by molar-refractivity contribution is -0.140. The molecule has 1 unspecified atom stereocenters. The van der Waals surface area contributed by atoms with Gasteiger partial charge < -0.3 is 20.1 Å². The average Bonchev–Trinajstić information content (AvgIpc) is 2.60. The smallest absolute Gasteiger partial charge is 0.419 e. The van der Waals surface area contributed by atoms with Gasteiger partial charge in [0, 0.05) is 19.1 Å². The largest absolute Gasteiger partial charge is 0.480 e. The van der Waals surface area contributed by atoms with E-state index in [1.165, 1.54) is 25.1 Å². The highest BCUT2D eigenvalue weighted by atomic mass is 35.5. The number of benzene rings is 1. The van der Waals surface area contributed by atoms with Crippen LogP contribution >= 0.6 is 12.4 Å². The first-order valence-electron chi connectivity index (χ1n) is 8.58. The molecule has 1 amide bonds. The molecule has 0 radical (unpaired) electrons. The number of hydrogen-bond donors (Lipinski definition) is 2. The molecule has 1 saturated heterocycles. The number of ether oxygens (including phenoxy) is 2. The van der Waals surface area contributed by atoms with Crippen LogP contribution in [0.15, 0.2) is 24.3 Å². The first kappa shape index (κ1) is 23.5. The van der Waals surface area contributed by atoms with Crippen molar-refractivity contribution in [2.24, 2.45) is 5.41 Å². The molecule has 1 atom stereocenters. The molecule has 0 spiro atoms. The fraction of sp³-hybridized carbons (Fsp3) is 0.611. The van der Waals surface area contributed by atoms with Gasteiger partial charge in [-0.1, -0.05) is 12.1 Å². The molecule has 0 bridgehead atoms. The highest BCUT2D eigenvalue weighted by Gasteiger charge is 2.36. The molecule has 1 aliphatic heterocycles. The SMILES string of the molecule is COCC1(CNC(=O)C(C)Oc2ccccc2C(F)(F)F)CCNCC1.Cl. The fourth-order valence-corrected chi connectivity index (χ4v) is 3.10. The van der Waals surface area contributed by atoms with Crippen molar-refractivity contribution in [3.05, 3.63) is 29.8 Å². The predicted molar refractivity (Wildman–Crippen MR) is 98.2 cm³/mol. The Hall–Kier alpha value is -1.51. The summed E-state index contributed by atoms with van der Waals surface area (Å²) in [5.41, 5.74) is -1.06. The summed E-state index contributed by atoms with van der Waals surface area (Å²) in [7, 11) is 1.62. The molecule has 1 fully saturated rings. The Labute approximate surface area is 163 Å². The van der Waals surface area contributed by atoms with E-state index in [1.54, 1.807) is 7.11 Å². The number of para-hydroxylation sites is 1. The predicted octanol–water partition coefficient (Wildman–Crippen LogP) is 3.03. The second-order valence-electron chi connectivity index (χ2n) is 6.65. The van der Waals surface area contributed by atoms with Crippen LogP contribution in [0.4, 0.5) is 13.2 Å². The van der Waals surface area contributed by atoms with Gasteiger partial charge in [-0.25, -0.2) is 0 Å². The fourth-order valence-electron chi connectivity index (χ4n) is 3.10. The first-order chi connectivity index (χ1) is 12.3. The van der Waals surface area contributed by atoms with E-state index < -0.39 is 23.8 Å². The lowest BCUT2D eigenvalue weighted by Crippen LogP contribution is -2.49. The van der Waals surface area contributed by atoms with Crippen LogP contribution in [0, 0.1) is 5.41 Å². The zero-order valence-corrected chi connectivity index (χ0v) is 16.2. The molecule has 9 heteroatoms. The Kier molecular flexibility index (Phi) is 8.84. The van der Waals surface area contributed by atoms with Crippen LogP contribution in [0.2, 0.25) is 0 Å². The number of amides is 1. The molecule has 0 aliphatic carbocycles. The number of halogens is 4. The summed E-state index contributed by atoms with van der Waals surface area (Å²) >= 11 is 0. The first-order valence-corrected chi connectivity index (χ1v) is 8.58. The summed E-state index contributed by atoms with van der Waals surface area (Å²) < 4.78 is 49.7. The minimum Gasteiger partial charge on any atom is -0.480 e. The van der Waals surface area contributed by atoms with Crippen molar-refractivity contribution in [1.29, 1.82) is 0 Å². The van der Waals surface area contributed by atoms with Crippen LogP contribution < -0.4 is 15.4 Å². The Morgan fingerprint density at radius 1 is 1.30 bits per heavy atom. The van der Waals surface area contributed by atoms with Crippen molar-refractivity contribution >= 4 is 18.3 Å². The van der Waals surface area contributed by atoms with Gasteiger partial charge in [0.05, 0.1) is 12.2 Å². The minimum absolute atomic E-state index is 0. The van der Waals surface area contributed by atoms with Crippen molar-refractivity contribution in [2.75, 3.05) is 33.4 Å². The van der Waals surface area contributed by atoms with Gasteiger partial charge in [0.2, 0.25) is 0 Å². The molecule has 5 nitrogen and oxygen atoms in total. The third-order valence-electron chi connectivity index (χ3n) is 4.62. The standard InChI is InChI=1S/C18H25F3N2O3.ClH/c1-13(26-15-6-4-3-5-14(15)18(19,20)21)16(24)23-11-17(12-25-2)7-9-22-10-8-17;/h3-6,13,22H,7-12H2,1-2H3,(H,23,24);1H. The third kappa shape index (κ3) is 6.55. The summed E-state index contributed by atoms with van der Waals surface area (Å²) in [6, 6.07) is 4.87. The quantitative estimate of drug-likeness (QED) is 0.725. The second kappa shape index (κ2) is 10.1. The van der Waals surface area contributed by atoms with Gasteiger partial charge in [-0.3, -0.25) is 4.79 Å². The van der Waals surface area contributed by atoms with Crippen LogP contribution in [0.3, 0.4) is 0 Å². The second-order valence-corrected chi connectivity index (χ2v) is 6.65. The van der Waals surface area contributed by atoms with Crippen molar-refractivity contribution in [1.82, 2.24) is 10.6 Å². The highest BCUT2D eigenvalue weighted by molar-refractivity contribution is 5.85. The molecule has 0 aromatic heterocycles. The van der Waals surface area contributed by atoms with E-state index >= 15 is 0 Å². The Balaban J connectivity index is 0.00000364. The van der Waals surface area contributed by atoms with Crippen molar-refractivity contribution in [3.63, 3.8) is 0 Å². The number of methoxy groups -OCH3 is 1. The highest BCUT2D eigenvalue weighted by Crippen LogP contribution is 2.36. The summed E-state index contributed by atoms with van der Waals surface area (Å²) in [5.74, 6) is -0.799. The maximum Gasteiger partial charge on any atom is 0.419 e. The van der Waals surface area contributed by atoms with E-state index in [1.807, 2.05) is 0 Å². The zero-order valence-electron chi connectivity index (χ0n) is 15.4. The van der Waals surface area contributed by atoms with Crippen molar-refractivity contribution < 1.29 is 27.4 Å². The molecule has 154 valence electrons. The monoisotopic (exact) mass is 410 g/mol. The van der Waals surface area contributed by atoms with Gasteiger partial charge in [0.1, 0.15) is 5.75 Å². The van der Waals surface area contributed by atoms with Gasteiger partial charge in [-0.2, -0.15) is 13.2 Å². The molecule has 1 heterocycles. The number of nitrogens with one attached hydrogen (secondary N) is 2. The number of carbonyl (C=O) groups excluding carboxylic acids is 1. The van der Waals surface area contributed by atoms with Gasteiger partial charge in [0.15, 0.2) is 6.10 Å². The molecule has 1 aliphatic rings. The topological polar surface area (TPSA) is 59.6 Å². The Morgan fingerprint density at radius 3 is 2.52 bits per heavy atom. The van der Waals surface area contributed by atoms with Gasteiger partial charge in [-0.05, 0) is 45.0 Å². The van der Waals surface area contributed by atoms with E-state index in [2.05, 4.69) is 10.6 Å². The number of alkyl halides is 3. The molecule has 27 heavy (non-hydrogen) atoms. The van der Waals surface area contributed by atoms with Gasteiger partial charge >= 0.3 is 6.18 Å². The Bertz CT molecular complexity index is 602.